The van der Waals surface area contributed by atoms with Crippen molar-refractivity contribution in [3.8, 4) is 0 Å². The Labute approximate surface area is 125 Å². The molecule has 0 aliphatic carbocycles. The summed E-state index contributed by atoms with van der Waals surface area (Å²) in [5, 5.41) is 9.76. The van der Waals surface area contributed by atoms with Gasteiger partial charge in [0.2, 0.25) is 0 Å². The molecule has 0 spiro atoms. The average molecular weight is 291 g/mol. The van der Waals surface area contributed by atoms with E-state index < -0.39 is 0 Å². The van der Waals surface area contributed by atoms with Crippen LogP contribution >= 0.6 is 0 Å². The number of urea groups is 1. The summed E-state index contributed by atoms with van der Waals surface area (Å²) in [6.45, 7) is 4.67. The molecule has 3 heterocycles. The minimum atomic E-state index is 0.0516. The zero-order valence-corrected chi connectivity index (χ0v) is 12.6. The molecule has 1 atom stereocenters. The first-order valence-corrected chi connectivity index (χ1v) is 8.08. The molecule has 2 fully saturated rings. The predicted octanol–water partition coefficient (Wildman–Crippen LogP) is 1.57. The van der Waals surface area contributed by atoms with Gasteiger partial charge in [-0.1, -0.05) is 6.42 Å². The molecule has 2 amide bonds. The summed E-state index contributed by atoms with van der Waals surface area (Å²) in [4.78, 5) is 16.9. The number of H-pyrrole nitrogens is 1. The summed E-state index contributed by atoms with van der Waals surface area (Å²) in [5.41, 5.74) is 0.939. The lowest BCUT2D eigenvalue weighted by Crippen LogP contribution is -2.47. The van der Waals surface area contributed by atoms with Gasteiger partial charge in [-0.05, 0) is 44.8 Å². The van der Waals surface area contributed by atoms with E-state index in [1.54, 1.807) is 6.20 Å². The molecule has 1 aromatic rings. The van der Waals surface area contributed by atoms with Gasteiger partial charge in [-0.25, -0.2) is 4.79 Å². The highest BCUT2D eigenvalue weighted by Gasteiger charge is 2.27. The van der Waals surface area contributed by atoms with Crippen molar-refractivity contribution in [1.29, 1.82) is 0 Å². The number of rotatable bonds is 3. The maximum Gasteiger partial charge on any atom is 0.317 e. The van der Waals surface area contributed by atoms with Crippen LogP contribution in [0.15, 0.2) is 12.3 Å². The van der Waals surface area contributed by atoms with Crippen LogP contribution in [0.4, 0.5) is 4.79 Å². The first kappa shape index (κ1) is 14.4. The molecule has 1 aromatic heterocycles. The molecule has 0 bridgehead atoms. The van der Waals surface area contributed by atoms with Gasteiger partial charge >= 0.3 is 6.03 Å². The molecule has 6 nitrogen and oxygen atoms in total. The number of nitrogens with zero attached hydrogens (tertiary/aromatic N) is 3. The molecule has 2 N–H and O–H groups in total. The Morgan fingerprint density at radius 2 is 2.10 bits per heavy atom. The van der Waals surface area contributed by atoms with Crippen LogP contribution in [0, 0.1) is 0 Å². The van der Waals surface area contributed by atoms with Crippen LogP contribution in [0.1, 0.15) is 37.8 Å². The van der Waals surface area contributed by atoms with Gasteiger partial charge in [-0.3, -0.25) is 10.00 Å². The molecule has 2 aliphatic rings. The second-order valence-electron chi connectivity index (χ2n) is 6.08. The first-order chi connectivity index (χ1) is 10.3. The second kappa shape index (κ2) is 6.93. The average Bonchev–Trinajstić information content (AvgIpc) is 3.15. The third kappa shape index (κ3) is 3.75. The van der Waals surface area contributed by atoms with Gasteiger partial charge in [0.05, 0.1) is 12.2 Å². The van der Waals surface area contributed by atoms with Crippen LogP contribution in [0.25, 0.3) is 0 Å². The monoisotopic (exact) mass is 291 g/mol. The van der Waals surface area contributed by atoms with E-state index in [1.807, 2.05) is 11.0 Å². The highest BCUT2D eigenvalue weighted by atomic mass is 16.2. The van der Waals surface area contributed by atoms with Crippen LogP contribution in [-0.4, -0.2) is 58.2 Å². The van der Waals surface area contributed by atoms with Crippen molar-refractivity contribution in [2.24, 2.45) is 0 Å². The molecule has 0 saturated carbocycles. The fourth-order valence-corrected chi connectivity index (χ4v) is 3.37. The van der Waals surface area contributed by atoms with Crippen LogP contribution < -0.4 is 5.32 Å². The Kier molecular flexibility index (Phi) is 4.75. The summed E-state index contributed by atoms with van der Waals surface area (Å²) in [5.74, 6) is 0. The van der Waals surface area contributed by atoms with Gasteiger partial charge in [0.1, 0.15) is 0 Å². The molecule has 116 valence electrons. The van der Waals surface area contributed by atoms with Gasteiger partial charge in [0.15, 0.2) is 0 Å². The molecule has 2 saturated heterocycles. The summed E-state index contributed by atoms with van der Waals surface area (Å²) in [6.07, 6.45) is 7.89. The van der Waals surface area contributed by atoms with Crippen molar-refractivity contribution in [3.63, 3.8) is 0 Å². The fraction of sp³-hybridized carbons (Fsp3) is 0.733. The summed E-state index contributed by atoms with van der Waals surface area (Å²) >= 11 is 0. The first-order valence-electron chi connectivity index (χ1n) is 8.08. The summed E-state index contributed by atoms with van der Waals surface area (Å²) in [6, 6.07) is 2.49. The quantitative estimate of drug-likeness (QED) is 0.888. The molecule has 3 rings (SSSR count). The minimum absolute atomic E-state index is 0.0516. The van der Waals surface area contributed by atoms with Gasteiger partial charge in [0.25, 0.3) is 0 Å². The van der Waals surface area contributed by atoms with Crippen LogP contribution in [-0.2, 0) is 6.54 Å². The highest BCUT2D eigenvalue weighted by Crippen LogP contribution is 2.20. The van der Waals surface area contributed by atoms with E-state index in [-0.39, 0.29) is 6.03 Å². The van der Waals surface area contributed by atoms with Crippen LogP contribution in [0.5, 0.6) is 0 Å². The fourth-order valence-electron chi connectivity index (χ4n) is 3.37. The zero-order chi connectivity index (χ0) is 14.5. The van der Waals surface area contributed by atoms with Crippen molar-refractivity contribution >= 4 is 6.03 Å². The lowest BCUT2D eigenvalue weighted by Gasteiger charge is -2.30. The topological polar surface area (TPSA) is 64.3 Å². The maximum absolute atomic E-state index is 12.4. The largest absolute Gasteiger partial charge is 0.332 e. The van der Waals surface area contributed by atoms with E-state index in [0.29, 0.717) is 12.6 Å². The number of likely N-dealkylation sites (tertiary alicyclic amines) is 2. The molecule has 0 aromatic carbocycles. The Bertz CT molecular complexity index is 441. The van der Waals surface area contributed by atoms with E-state index in [2.05, 4.69) is 20.4 Å². The van der Waals surface area contributed by atoms with Gasteiger partial charge < -0.3 is 10.2 Å². The zero-order valence-electron chi connectivity index (χ0n) is 12.6. The molecule has 1 unspecified atom stereocenters. The van der Waals surface area contributed by atoms with Crippen LogP contribution in [0.2, 0.25) is 0 Å². The minimum Gasteiger partial charge on any atom is -0.332 e. The molecular weight excluding hydrogens is 266 g/mol. The van der Waals surface area contributed by atoms with Crippen molar-refractivity contribution in [2.75, 3.05) is 26.2 Å². The molecule has 6 heteroatoms. The van der Waals surface area contributed by atoms with E-state index in [9.17, 15) is 4.79 Å². The van der Waals surface area contributed by atoms with Crippen LogP contribution in [0.3, 0.4) is 0 Å². The molecule has 21 heavy (non-hydrogen) atoms. The van der Waals surface area contributed by atoms with Gasteiger partial charge in [0, 0.05) is 25.3 Å². The maximum atomic E-state index is 12.4. The highest BCUT2D eigenvalue weighted by molar-refractivity contribution is 5.74. The van der Waals surface area contributed by atoms with Crippen molar-refractivity contribution < 1.29 is 4.79 Å². The molecule has 2 aliphatic heterocycles. The smallest absolute Gasteiger partial charge is 0.317 e. The van der Waals surface area contributed by atoms with Gasteiger partial charge in [-0.2, -0.15) is 5.10 Å². The number of hydrogen-bond acceptors (Lipinski definition) is 3. The number of carbonyl (C=O) groups excluding carboxylic acids is 1. The number of hydrogen-bond donors (Lipinski definition) is 2. The van der Waals surface area contributed by atoms with Crippen molar-refractivity contribution in [2.45, 2.75) is 44.7 Å². The Morgan fingerprint density at radius 1 is 1.29 bits per heavy atom. The molecule has 0 radical (unpaired) electrons. The summed E-state index contributed by atoms with van der Waals surface area (Å²) < 4.78 is 0. The normalized spacial score (nSPS) is 24.0. The SMILES string of the molecule is O=C(NCc1ccn[nH]1)N1CCCCC(N2CCCC2)C1. The predicted molar refractivity (Wildman–Crippen MR) is 80.8 cm³/mol. The number of carbonyl (C=O) groups is 1. The second-order valence-corrected chi connectivity index (χ2v) is 6.08. The lowest BCUT2D eigenvalue weighted by molar-refractivity contribution is 0.165. The van der Waals surface area contributed by atoms with E-state index in [4.69, 9.17) is 0 Å². The number of aromatic nitrogens is 2. The Hall–Kier alpha value is -1.56. The van der Waals surface area contributed by atoms with E-state index in [1.165, 1.54) is 38.8 Å². The lowest BCUT2D eigenvalue weighted by atomic mass is 10.1. The number of amides is 2. The Balaban J connectivity index is 1.53. The third-order valence-electron chi connectivity index (χ3n) is 4.58. The Morgan fingerprint density at radius 3 is 2.86 bits per heavy atom. The molecular formula is C15H25N5O. The standard InChI is InChI=1S/C15H25N5O/c21-15(16-11-13-6-7-17-18-13)20-10-2-1-5-14(12-20)19-8-3-4-9-19/h6-7,14H,1-5,8-12H2,(H,16,21)(H,17,18). The van der Waals surface area contributed by atoms with Crippen molar-refractivity contribution in [3.05, 3.63) is 18.0 Å². The van der Waals surface area contributed by atoms with E-state index >= 15 is 0 Å². The third-order valence-corrected chi connectivity index (χ3v) is 4.58. The number of nitrogens with one attached hydrogen (secondary N) is 2. The number of aromatic amines is 1. The van der Waals surface area contributed by atoms with Gasteiger partial charge in [-0.15, -0.1) is 0 Å². The summed E-state index contributed by atoms with van der Waals surface area (Å²) in [7, 11) is 0. The van der Waals surface area contributed by atoms with E-state index in [0.717, 1.165) is 25.2 Å². The van der Waals surface area contributed by atoms with Crippen molar-refractivity contribution in [1.82, 2.24) is 25.3 Å².